The Morgan fingerprint density at radius 1 is 1.44 bits per heavy atom. The minimum absolute atomic E-state index is 0.732. The van der Waals surface area contributed by atoms with Crippen LogP contribution in [0.15, 0.2) is 48.1 Å². The van der Waals surface area contributed by atoms with Crippen molar-refractivity contribution in [3.8, 4) is 0 Å². The van der Waals surface area contributed by atoms with E-state index in [1.54, 1.807) is 0 Å². The number of hydrogen-bond acceptors (Lipinski definition) is 0. The maximum atomic E-state index is 3.97. The molecule has 1 aliphatic rings. The first-order chi connectivity index (χ1) is 7.74. The third-order valence-electron chi connectivity index (χ3n) is 3.15. The Labute approximate surface area is 100 Å². The van der Waals surface area contributed by atoms with Crippen molar-refractivity contribution in [1.29, 1.82) is 0 Å². The molecule has 0 aliphatic heterocycles. The lowest BCUT2D eigenvalue weighted by Crippen LogP contribution is -2.01. The molecule has 16 heavy (non-hydrogen) atoms. The summed E-state index contributed by atoms with van der Waals surface area (Å²) in [6.07, 6.45) is 17.2. The summed E-state index contributed by atoms with van der Waals surface area (Å²) in [6.45, 7) is 8.38. The molecule has 0 aromatic rings. The largest absolute Gasteiger partial charge is 0.100 e. The van der Waals surface area contributed by atoms with Gasteiger partial charge in [-0.05, 0) is 50.5 Å². The number of hydrogen-bond donors (Lipinski definition) is 0. The van der Waals surface area contributed by atoms with Crippen LogP contribution in [0.2, 0.25) is 0 Å². The van der Waals surface area contributed by atoms with Crippen molar-refractivity contribution in [2.24, 2.45) is 5.92 Å². The lowest BCUT2D eigenvalue weighted by atomic mass is 9.89. The van der Waals surface area contributed by atoms with Gasteiger partial charge in [-0.15, -0.1) is 6.58 Å². The first-order valence-corrected chi connectivity index (χ1v) is 6.41. The average Bonchev–Trinajstić information content (AvgIpc) is 2.52. The van der Waals surface area contributed by atoms with E-state index in [1.165, 1.54) is 36.8 Å². The van der Waals surface area contributed by atoms with Gasteiger partial charge in [-0.2, -0.15) is 0 Å². The highest BCUT2D eigenvalue weighted by Gasteiger charge is 2.09. The molecule has 0 nitrogen and oxygen atoms in total. The van der Waals surface area contributed by atoms with Gasteiger partial charge in [0.05, 0.1) is 0 Å². The van der Waals surface area contributed by atoms with E-state index in [9.17, 15) is 0 Å². The van der Waals surface area contributed by atoms with Crippen LogP contribution < -0.4 is 0 Å². The Morgan fingerprint density at radius 3 is 2.94 bits per heavy atom. The van der Waals surface area contributed by atoms with Gasteiger partial charge >= 0.3 is 0 Å². The lowest BCUT2D eigenvalue weighted by Gasteiger charge is -2.16. The van der Waals surface area contributed by atoms with Crippen molar-refractivity contribution in [3.63, 3.8) is 0 Å². The molecule has 0 aromatic heterocycles. The first-order valence-electron chi connectivity index (χ1n) is 6.41. The van der Waals surface area contributed by atoms with Gasteiger partial charge in [-0.3, -0.25) is 0 Å². The van der Waals surface area contributed by atoms with Crippen LogP contribution in [0.3, 0.4) is 0 Å². The van der Waals surface area contributed by atoms with Crippen LogP contribution in [0.25, 0.3) is 0 Å². The van der Waals surface area contributed by atoms with Crippen LogP contribution >= 0.6 is 0 Å². The van der Waals surface area contributed by atoms with Gasteiger partial charge in [-0.25, -0.2) is 0 Å². The van der Waals surface area contributed by atoms with Gasteiger partial charge in [0.2, 0.25) is 0 Å². The number of rotatable bonds is 6. The molecular weight excluding hydrogens is 192 g/mol. The van der Waals surface area contributed by atoms with Crippen molar-refractivity contribution >= 4 is 0 Å². The van der Waals surface area contributed by atoms with Crippen molar-refractivity contribution < 1.29 is 0 Å². The molecule has 0 radical (unpaired) electrons. The summed E-state index contributed by atoms with van der Waals surface area (Å²) in [5.74, 6) is 0.732. The van der Waals surface area contributed by atoms with Crippen LogP contribution in [0.1, 0.15) is 46.0 Å². The molecule has 0 amide bonds. The van der Waals surface area contributed by atoms with Gasteiger partial charge in [0.15, 0.2) is 0 Å². The third kappa shape index (κ3) is 4.65. The zero-order valence-electron chi connectivity index (χ0n) is 10.7. The Hall–Kier alpha value is -1.04. The van der Waals surface area contributed by atoms with Gasteiger partial charge in [0, 0.05) is 0 Å². The molecule has 0 heteroatoms. The zero-order chi connectivity index (χ0) is 11.8. The minimum atomic E-state index is 0.732. The standard InChI is InChI=1S/C16H24/c1-4-15(13-9-10-14(2)3)16-11-7-5-6-8-12-16/h5-7,11-12,15H,2,4,8-10,13H2,1,3H3. The molecule has 1 rings (SSSR count). The van der Waals surface area contributed by atoms with Crippen molar-refractivity contribution in [2.45, 2.75) is 46.0 Å². The second kappa shape index (κ2) is 7.27. The fourth-order valence-corrected chi connectivity index (χ4v) is 2.16. The average molecular weight is 216 g/mol. The highest BCUT2D eigenvalue weighted by molar-refractivity contribution is 5.28. The highest BCUT2D eigenvalue weighted by Crippen LogP contribution is 2.25. The van der Waals surface area contributed by atoms with Crippen molar-refractivity contribution in [3.05, 3.63) is 48.1 Å². The Bertz CT molecular complexity index is 302. The second-order valence-corrected chi connectivity index (χ2v) is 4.68. The lowest BCUT2D eigenvalue weighted by molar-refractivity contribution is 0.526. The van der Waals surface area contributed by atoms with Crippen LogP contribution in [0.5, 0.6) is 0 Å². The van der Waals surface area contributed by atoms with Gasteiger partial charge < -0.3 is 0 Å². The smallest absolute Gasteiger partial charge is 0.0160 e. The Kier molecular flexibility index (Phi) is 5.92. The normalized spacial score (nSPS) is 16.8. The fourth-order valence-electron chi connectivity index (χ4n) is 2.16. The summed E-state index contributed by atoms with van der Waals surface area (Å²) < 4.78 is 0. The molecule has 88 valence electrons. The van der Waals surface area contributed by atoms with Crippen molar-refractivity contribution in [2.75, 3.05) is 0 Å². The van der Waals surface area contributed by atoms with Gasteiger partial charge in [-0.1, -0.05) is 42.9 Å². The van der Waals surface area contributed by atoms with Crippen LogP contribution in [-0.4, -0.2) is 0 Å². The maximum absolute atomic E-state index is 3.97. The minimum Gasteiger partial charge on any atom is -0.100 e. The summed E-state index contributed by atoms with van der Waals surface area (Å²) >= 11 is 0. The predicted octanol–water partition coefficient (Wildman–Crippen LogP) is 5.20. The maximum Gasteiger partial charge on any atom is -0.0160 e. The molecule has 0 aromatic carbocycles. The molecule has 0 spiro atoms. The van der Waals surface area contributed by atoms with Crippen molar-refractivity contribution in [1.82, 2.24) is 0 Å². The van der Waals surface area contributed by atoms with Crippen LogP contribution in [0.4, 0.5) is 0 Å². The summed E-state index contributed by atoms with van der Waals surface area (Å²) in [7, 11) is 0. The van der Waals surface area contributed by atoms with E-state index in [2.05, 4.69) is 50.8 Å². The quantitative estimate of drug-likeness (QED) is 0.535. The monoisotopic (exact) mass is 216 g/mol. The molecule has 0 bridgehead atoms. The predicted molar refractivity (Wildman–Crippen MR) is 73.4 cm³/mol. The van der Waals surface area contributed by atoms with E-state index in [4.69, 9.17) is 0 Å². The molecule has 0 fully saturated rings. The van der Waals surface area contributed by atoms with E-state index >= 15 is 0 Å². The Morgan fingerprint density at radius 2 is 2.25 bits per heavy atom. The fraction of sp³-hybridized carbons (Fsp3) is 0.500. The molecule has 1 aliphatic carbocycles. The van der Waals surface area contributed by atoms with E-state index in [1.807, 2.05) is 0 Å². The van der Waals surface area contributed by atoms with E-state index in [-0.39, 0.29) is 0 Å². The molecular formula is C16H24. The third-order valence-corrected chi connectivity index (χ3v) is 3.15. The molecule has 0 N–H and O–H groups in total. The van der Waals surface area contributed by atoms with E-state index in [0.717, 1.165) is 12.3 Å². The molecule has 0 saturated heterocycles. The molecule has 0 heterocycles. The topological polar surface area (TPSA) is 0 Å². The number of allylic oxidation sites excluding steroid dienone is 7. The Balaban J connectivity index is 2.47. The molecule has 1 atom stereocenters. The van der Waals surface area contributed by atoms with Gasteiger partial charge in [0.1, 0.15) is 0 Å². The van der Waals surface area contributed by atoms with E-state index < -0.39 is 0 Å². The summed E-state index contributed by atoms with van der Waals surface area (Å²) in [5, 5.41) is 0. The SMILES string of the molecule is C=C(C)CCCC(CC)C1=CCC=CC=C1. The van der Waals surface area contributed by atoms with Gasteiger partial charge in [0.25, 0.3) is 0 Å². The second-order valence-electron chi connectivity index (χ2n) is 4.68. The zero-order valence-corrected chi connectivity index (χ0v) is 10.7. The van der Waals surface area contributed by atoms with E-state index in [0.29, 0.717) is 0 Å². The molecule has 1 unspecified atom stereocenters. The molecule has 0 saturated carbocycles. The highest BCUT2D eigenvalue weighted by atomic mass is 14.1. The first kappa shape index (κ1) is 13.0. The summed E-state index contributed by atoms with van der Waals surface area (Å²) in [6, 6.07) is 0. The van der Waals surface area contributed by atoms with Crippen LogP contribution in [0, 0.1) is 5.92 Å². The van der Waals surface area contributed by atoms with Crippen LogP contribution in [-0.2, 0) is 0 Å². The summed E-state index contributed by atoms with van der Waals surface area (Å²) in [4.78, 5) is 0. The summed E-state index contributed by atoms with van der Waals surface area (Å²) in [5.41, 5.74) is 2.83.